The number of likely N-dealkylation sites (tertiary alicyclic amines) is 1. The standard InChI is InChI=1S/C24H27N3O2/c1-24(2,3)29-23(28)27-14-13-20(16-27)22-25-15-21(26-22)19-11-9-18(10-12-19)17-7-5-4-6-8-17/h4-12,15,20H,13-14,16H2,1-3H3,(H,25,26). The van der Waals surface area contributed by atoms with Gasteiger partial charge in [-0.05, 0) is 43.9 Å². The molecule has 3 aromatic rings. The molecule has 1 amide bonds. The second-order valence-electron chi connectivity index (χ2n) is 8.54. The second-order valence-corrected chi connectivity index (χ2v) is 8.54. The van der Waals surface area contributed by atoms with Gasteiger partial charge in [-0.2, -0.15) is 0 Å². The lowest BCUT2D eigenvalue weighted by molar-refractivity contribution is 0.0292. The van der Waals surface area contributed by atoms with Crippen LogP contribution in [0, 0.1) is 0 Å². The molecule has 1 N–H and O–H groups in total. The molecule has 2 heterocycles. The maximum Gasteiger partial charge on any atom is 0.410 e. The minimum atomic E-state index is -0.473. The zero-order valence-electron chi connectivity index (χ0n) is 17.2. The summed E-state index contributed by atoms with van der Waals surface area (Å²) in [5, 5.41) is 0. The number of aromatic nitrogens is 2. The van der Waals surface area contributed by atoms with Gasteiger partial charge in [0.2, 0.25) is 0 Å². The largest absolute Gasteiger partial charge is 0.444 e. The molecule has 5 heteroatoms. The normalized spacial score (nSPS) is 16.8. The fourth-order valence-electron chi connectivity index (χ4n) is 3.64. The molecule has 0 radical (unpaired) electrons. The van der Waals surface area contributed by atoms with Crippen molar-refractivity contribution in [3.05, 3.63) is 66.6 Å². The number of carbonyl (C=O) groups excluding carboxylic acids is 1. The maximum absolute atomic E-state index is 12.3. The summed E-state index contributed by atoms with van der Waals surface area (Å²) in [4.78, 5) is 22.1. The second kappa shape index (κ2) is 7.74. The predicted molar refractivity (Wildman–Crippen MR) is 115 cm³/mol. The Bertz CT molecular complexity index is 971. The highest BCUT2D eigenvalue weighted by Gasteiger charge is 2.31. The van der Waals surface area contributed by atoms with Crippen LogP contribution in [0.15, 0.2) is 60.8 Å². The van der Waals surface area contributed by atoms with Crippen molar-refractivity contribution < 1.29 is 9.53 Å². The number of benzene rings is 2. The topological polar surface area (TPSA) is 58.2 Å². The summed E-state index contributed by atoms with van der Waals surface area (Å²) in [5.41, 5.74) is 4.02. The zero-order valence-corrected chi connectivity index (χ0v) is 17.2. The van der Waals surface area contributed by atoms with E-state index in [1.54, 1.807) is 4.90 Å². The Balaban J connectivity index is 1.43. The molecular formula is C24H27N3O2. The molecule has 0 spiro atoms. The van der Waals surface area contributed by atoms with Gasteiger partial charge in [-0.25, -0.2) is 9.78 Å². The molecule has 4 rings (SSSR count). The average molecular weight is 389 g/mol. The summed E-state index contributed by atoms with van der Waals surface area (Å²) in [6.45, 7) is 7.00. The van der Waals surface area contributed by atoms with Gasteiger partial charge in [0.25, 0.3) is 0 Å². The van der Waals surface area contributed by atoms with Crippen molar-refractivity contribution in [1.82, 2.24) is 14.9 Å². The fourth-order valence-corrected chi connectivity index (χ4v) is 3.64. The van der Waals surface area contributed by atoms with Crippen LogP contribution in [0.2, 0.25) is 0 Å². The van der Waals surface area contributed by atoms with Crippen molar-refractivity contribution in [2.45, 2.75) is 38.7 Å². The van der Waals surface area contributed by atoms with Crippen LogP contribution in [0.1, 0.15) is 38.9 Å². The Kier molecular flexibility index (Phi) is 5.14. The average Bonchev–Trinajstić information content (AvgIpc) is 3.37. The summed E-state index contributed by atoms with van der Waals surface area (Å²) < 4.78 is 5.48. The van der Waals surface area contributed by atoms with Gasteiger partial charge in [0, 0.05) is 19.0 Å². The summed E-state index contributed by atoms with van der Waals surface area (Å²) in [6, 6.07) is 18.8. The van der Waals surface area contributed by atoms with Crippen LogP contribution in [0.4, 0.5) is 4.79 Å². The van der Waals surface area contributed by atoms with Crippen LogP contribution in [0.5, 0.6) is 0 Å². The fraction of sp³-hybridized carbons (Fsp3) is 0.333. The Morgan fingerprint density at radius 1 is 1.03 bits per heavy atom. The van der Waals surface area contributed by atoms with Crippen molar-refractivity contribution in [3.8, 4) is 22.4 Å². The van der Waals surface area contributed by atoms with Crippen molar-refractivity contribution >= 4 is 6.09 Å². The van der Waals surface area contributed by atoms with E-state index in [2.05, 4.69) is 46.4 Å². The molecule has 29 heavy (non-hydrogen) atoms. The number of imidazole rings is 1. The number of nitrogens with zero attached hydrogens (tertiary/aromatic N) is 2. The molecular weight excluding hydrogens is 362 g/mol. The number of hydrogen-bond acceptors (Lipinski definition) is 3. The van der Waals surface area contributed by atoms with Gasteiger partial charge < -0.3 is 14.6 Å². The highest BCUT2D eigenvalue weighted by molar-refractivity contribution is 5.69. The lowest BCUT2D eigenvalue weighted by Gasteiger charge is -2.24. The molecule has 1 aliphatic heterocycles. The van der Waals surface area contributed by atoms with Gasteiger partial charge in [-0.1, -0.05) is 54.6 Å². The van der Waals surface area contributed by atoms with Crippen LogP contribution < -0.4 is 0 Å². The zero-order chi connectivity index (χ0) is 20.4. The molecule has 1 fully saturated rings. The van der Waals surface area contributed by atoms with E-state index in [-0.39, 0.29) is 12.0 Å². The molecule has 150 valence electrons. The Hall–Kier alpha value is -3.08. The summed E-state index contributed by atoms with van der Waals surface area (Å²) in [6.07, 6.45) is 2.52. The third-order valence-corrected chi connectivity index (χ3v) is 5.13. The first-order valence-corrected chi connectivity index (χ1v) is 10.1. The van der Waals surface area contributed by atoms with E-state index >= 15 is 0 Å². The van der Waals surface area contributed by atoms with Gasteiger partial charge in [-0.15, -0.1) is 0 Å². The number of ether oxygens (including phenoxy) is 1. The van der Waals surface area contributed by atoms with Gasteiger partial charge in [0.05, 0.1) is 11.9 Å². The summed E-state index contributed by atoms with van der Waals surface area (Å²) in [7, 11) is 0. The van der Waals surface area contributed by atoms with Crippen molar-refractivity contribution in [2.75, 3.05) is 13.1 Å². The van der Waals surface area contributed by atoms with Crippen molar-refractivity contribution in [1.29, 1.82) is 0 Å². The number of nitrogens with one attached hydrogen (secondary N) is 1. The third-order valence-electron chi connectivity index (χ3n) is 5.13. The minimum Gasteiger partial charge on any atom is -0.444 e. The lowest BCUT2D eigenvalue weighted by atomic mass is 10.0. The van der Waals surface area contributed by atoms with Crippen molar-refractivity contribution in [3.63, 3.8) is 0 Å². The minimum absolute atomic E-state index is 0.208. The molecule has 1 unspecified atom stereocenters. The van der Waals surface area contributed by atoms with Crippen LogP contribution in [0.3, 0.4) is 0 Å². The number of amides is 1. The highest BCUT2D eigenvalue weighted by atomic mass is 16.6. The van der Waals surface area contributed by atoms with E-state index in [9.17, 15) is 4.79 Å². The van der Waals surface area contributed by atoms with Gasteiger partial charge in [0.1, 0.15) is 11.4 Å². The molecule has 0 bridgehead atoms. The van der Waals surface area contributed by atoms with E-state index in [4.69, 9.17) is 4.74 Å². The van der Waals surface area contributed by atoms with Gasteiger partial charge >= 0.3 is 6.09 Å². The molecule has 2 aromatic carbocycles. The molecule has 1 aromatic heterocycles. The van der Waals surface area contributed by atoms with E-state index in [1.165, 1.54) is 11.1 Å². The summed E-state index contributed by atoms with van der Waals surface area (Å²) >= 11 is 0. The van der Waals surface area contributed by atoms with Gasteiger partial charge in [-0.3, -0.25) is 0 Å². The number of rotatable bonds is 3. The Morgan fingerprint density at radius 3 is 2.38 bits per heavy atom. The van der Waals surface area contributed by atoms with E-state index in [1.807, 2.05) is 45.2 Å². The van der Waals surface area contributed by atoms with E-state index < -0.39 is 5.60 Å². The SMILES string of the molecule is CC(C)(C)OC(=O)N1CCC(c2ncc(-c3ccc(-c4ccccc4)cc3)[nH]2)C1. The lowest BCUT2D eigenvalue weighted by Crippen LogP contribution is -2.35. The van der Waals surface area contributed by atoms with E-state index in [0.29, 0.717) is 13.1 Å². The molecule has 1 aliphatic rings. The van der Waals surface area contributed by atoms with E-state index in [0.717, 1.165) is 23.5 Å². The van der Waals surface area contributed by atoms with Gasteiger partial charge in [0.15, 0.2) is 0 Å². The smallest absolute Gasteiger partial charge is 0.410 e. The first kappa shape index (κ1) is 19.2. The van der Waals surface area contributed by atoms with Crippen LogP contribution in [-0.2, 0) is 4.74 Å². The monoisotopic (exact) mass is 389 g/mol. The quantitative estimate of drug-likeness (QED) is 0.646. The molecule has 5 nitrogen and oxygen atoms in total. The van der Waals surface area contributed by atoms with Crippen molar-refractivity contribution in [2.24, 2.45) is 0 Å². The number of aromatic amines is 1. The summed E-state index contributed by atoms with van der Waals surface area (Å²) in [5.74, 6) is 1.14. The maximum atomic E-state index is 12.3. The molecule has 1 saturated heterocycles. The van der Waals surface area contributed by atoms with Crippen LogP contribution in [-0.4, -0.2) is 39.7 Å². The number of H-pyrrole nitrogens is 1. The molecule has 1 atom stereocenters. The van der Waals surface area contributed by atoms with Crippen LogP contribution >= 0.6 is 0 Å². The molecule has 0 aliphatic carbocycles. The Morgan fingerprint density at radius 2 is 1.69 bits per heavy atom. The first-order valence-electron chi connectivity index (χ1n) is 10.1. The number of hydrogen-bond donors (Lipinski definition) is 1. The Labute approximate surface area is 171 Å². The third kappa shape index (κ3) is 4.50. The molecule has 0 saturated carbocycles. The van der Waals surface area contributed by atoms with Crippen LogP contribution in [0.25, 0.3) is 22.4 Å². The first-order chi connectivity index (χ1) is 13.9. The predicted octanol–water partition coefficient (Wildman–Crippen LogP) is 5.47. The highest BCUT2D eigenvalue weighted by Crippen LogP contribution is 2.29. The number of carbonyl (C=O) groups is 1.